The van der Waals surface area contributed by atoms with Gasteiger partial charge in [-0.2, -0.15) is 0 Å². The molecule has 6 heteroatoms. The van der Waals surface area contributed by atoms with Crippen molar-refractivity contribution in [3.8, 4) is 0 Å². The number of hydrogen-bond acceptors (Lipinski definition) is 5. The Morgan fingerprint density at radius 1 is 0.952 bits per heavy atom. The number of alkyl carbamates (subject to hydrolysis) is 1. The summed E-state index contributed by atoms with van der Waals surface area (Å²) in [7, 11) is 0. The summed E-state index contributed by atoms with van der Waals surface area (Å²) in [5.41, 5.74) is 0. The number of hydrogen-bond donors (Lipinski definition) is 1. The molecule has 0 bridgehead atoms. The molecule has 6 nitrogen and oxygen atoms in total. The van der Waals surface area contributed by atoms with E-state index in [4.69, 9.17) is 14.2 Å². The van der Waals surface area contributed by atoms with Crippen LogP contribution in [0.1, 0.15) is 40.5 Å². The fourth-order valence-corrected chi connectivity index (χ4v) is 1.55. The van der Waals surface area contributed by atoms with E-state index in [1.54, 1.807) is 13.8 Å². The second-order valence-electron chi connectivity index (χ2n) is 5.49. The second-order valence-corrected chi connectivity index (χ2v) is 5.49. The molecule has 124 valence electrons. The SMILES string of the molecule is CC(C)CC(=O)CCOCCOCCNC(=O)OC(C)C. The second kappa shape index (κ2) is 12.6. The van der Waals surface area contributed by atoms with E-state index in [-0.39, 0.29) is 11.9 Å². The minimum Gasteiger partial charge on any atom is -0.447 e. The molecule has 0 rings (SSSR count). The molecule has 0 aromatic heterocycles. The Morgan fingerprint density at radius 2 is 1.57 bits per heavy atom. The molecule has 0 atom stereocenters. The van der Waals surface area contributed by atoms with Gasteiger partial charge < -0.3 is 19.5 Å². The van der Waals surface area contributed by atoms with Gasteiger partial charge in [0.2, 0.25) is 0 Å². The Kier molecular flexibility index (Phi) is 11.9. The Balaban J connectivity index is 3.26. The largest absolute Gasteiger partial charge is 0.447 e. The number of carbonyl (C=O) groups is 2. The Bertz CT molecular complexity index is 264. The minimum atomic E-state index is -0.437. The van der Waals surface area contributed by atoms with Gasteiger partial charge in [0.1, 0.15) is 5.78 Å². The Labute approximate surface area is 127 Å². The predicted molar refractivity (Wildman–Crippen MR) is 80.3 cm³/mol. The third kappa shape index (κ3) is 15.1. The maximum Gasteiger partial charge on any atom is 0.407 e. The highest BCUT2D eigenvalue weighted by Gasteiger charge is 2.05. The van der Waals surface area contributed by atoms with Crippen molar-refractivity contribution in [2.24, 2.45) is 5.92 Å². The summed E-state index contributed by atoms with van der Waals surface area (Å²) in [6.45, 7) is 9.77. The van der Waals surface area contributed by atoms with Crippen molar-refractivity contribution >= 4 is 11.9 Å². The van der Waals surface area contributed by atoms with E-state index >= 15 is 0 Å². The summed E-state index contributed by atoms with van der Waals surface area (Å²) in [6, 6.07) is 0. The van der Waals surface area contributed by atoms with Crippen LogP contribution in [0.4, 0.5) is 4.79 Å². The number of carbonyl (C=O) groups excluding carboxylic acids is 2. The van der Waals surface area contributed by atoms with Gasteiger partial charge in [0.05, 0.1) is 32.5 Å². The van der Waals surface area contributed by atoms with Gasteiger partial charge in [-0.3, -0.25) is 4.79 Å². The van der Waals surface area contributed by atoms with Crippen LogP contribution in [0.15, 0.2) is 0 Å². The molecule has 0 unspecified atom stereocenters. The molecule has 0 aromatic carbocycles. The van der Waals surface area contributed by atoms with E-state index in [1.807, 2.05) is 13.8 Å². The van der Waals surface area contributed by atoms with Gasteiger partial charge in [-0.25, -0.2) is 4.79 Å². The molecule has 0 spiro atoms. The molecule has 1 N–H and O–H groups in total. The van der Waals surface area contributed by atoms with E-state index in [0.29, 0.717) is 51.7 Å². The fourth-order valence-electron chi connectivity index (χ4n) is 1.55. The Morgan fingerprint density at radius 3 is 2.14 bits per heavy atom. The number of ether oxygens (including phenoxy) is 3. The third-order valence-electron chi connectivity index (χ3n) is 2.39. The summed E-state index contributed by atoms with van der Waals surface area (Å²) in [5.74, 6) is 0.634. The molecule has 1 amide bonds. The van der Waals surface area contributed by atoms with Gasteiger partial charge in [0.25, 0.3) is 0 Å². The number of nitrogens with one attached hydrogen (secondary N) is 1. The van der Waals surface area contributed by atoms with Crippen LogP contribution in [-0.2, 0) is 19.0 Å². The molecule has 0 radical (unpaired) electrons. The average molecular weight is 303 g/mol. The normalized spacial score (nSPS) is 11.0. The summed E-state index contributed by atoms with van der Waals surface area (Å²) >= 11 is 0. The first-order valence-corrected chi connectivity index (χ1v) is 7.53. The van der Waals surface area contributed by atoms with Crippen LogP contribution in [0, 0.1) is 5.92 Å². The van der Waals surface area contributed by atoms with E-state index in [0.717, 1.165) is 0 Å². The molecule has 0 saturated heterocycles. The zero-order valence-corrected chi connectivity index (χ0v) is 13.6. The summed E-state index contributed by atoms with van der Waals surface area (Å²) in [5, 5.41) is 2.58. The maximum absolute atomic E-state index is 11.4. The number of Topliss-reactive ketones (excluding diaryl/α,β-unsaturated/α-hetero) is 1. The minimum absolute atomic E-state index is 0.127. The van der Waals surface area contributed by atoms with Gasteiger partial charge >= 0.3 is 6.09 Å². The lowest BCUT2D eigenvalue weighted by atomic mass is 10.1. The molecular formula is C15H29NO5. The monoisotopic (exact) mass is 303 g/mol. The van der Waals surface area contributed by atoms with Gasteiger partial charge in [-0.05, 0) is 19.8 Å². The van der Waals surface area contributed by atoms with Crippen molar-refractivity contribution in [3.05, 3.63) is 0 Å². The van der Waals surface area contributed by atoms with Crippen LogP contribution in [0.3, 0.4) is 0 Å². The summed E-state index contributed by atoms with van der Waals surface area (Å²) in [6.07, 6.45) is 0.505. The lowest BCUT2D eigenvalue weighted by molar-refractivity contribution is -0.120. The zero-order valence-electron chi connectivity index (χ0n) is 13.6. The molecule has 0 heterocycles. The first-order chi connectivity index (χ1) is 9.91. The lowest BCUT2D eigenvalue weighted by Gasteiger charge is -2.10. The van der Waals surface area contributed by atoms with Gasteiger partial charge in [0.15, 0.2) is 0 Å². The highest BCUT2D eigenvalue weighted by atomic mass is 16.6. The van der Waals surface area contributed by atoms with Crippen molar-refractivity contribution in [3.63, 3.8) is 0 Å². The average Bonchev–Trinajstić information content (AvgIpc) is 2.34. The van der Waals surface area contributed by atoms with Gasteiger partial charge in [0, 0.05) is 19.4 Å². The molecular weight excluding hydrogens is 274 g/mol. The van der Waals surface area contributed by atoms with Gasteiger partial charge in [-0.1, -0.05) is 13.8 Å². The first kappa shape index (κ1) is 19.9. The third-order valence-corrected chi connectivity index (χ3v) is 2.39. The van der Waals surface area contributed by atoms with Gasteiger partial charge in [-0.15, -0.1) is 0 Å². The lowest BCUT2D eigenvalue weighted by Crippen LogP contribution is -2.30. The van der Waals surface area contributed by atoms with Crippen LogP contribution < -0.4 is 5.32 Å². The van der Waals surface area contributed by atoms with Crippen molar-refractivity contribution in [2.75, 3.05) is 33.0 Å². The van der Waals surface area contributed by atoms with E-state index in [1.165, 1.54) is 0 Å². The predicted octanol–water partition coefficient (Wildman–Crippen LogP) is 2.16. The number of amides is 1. The molecule has 0 aliphatic heterocycles. The van der Waals surface area contributed by atoms with Crippen molar-refractivity contribution in [1.29, 1.82) is 0 Å². The smallest absolute Gasteiger partial charge is 0.407 e. The molecule has 0 aromatic rings. The topological polar surface area (TPSA) is 73.9 Å². The number of ketones is 1. The highest BCUT2D eigenvalue weighted by molar-refractivity contribution is 5.78. The van der Waals surface area contributed by atoms with E-state index in [9.17, 15) is 9.59 Å². The standard InChI is InChI=1S/C15H29NO5/c1-12(2)11-14(17)5-7-19-9-10-20-8-6-16-15(18)21-13(3)4/h12-13H,5-11H2,1-4H3,(H,16,18). The highest BCUT2D eigenvalue weighted by Crippen LogP contribution is 2.02. The van der Waals surface area contributed by atoms with E-state index < -0.39 is 6.09 Å². The molecule has 0 saturated carbocycles. The summed E-state index contributed by atoms with van der Waals surface area (Å²) < 4.78 is 15.5. The quantitative estimate of drug-likeness (QED) is 0.559. The zero-order chi connectivity index (χ0) is 16.1. The molecule has 21 heavy (non-hydrogen) atoms. The maximum atomic E-state index is 11.4. The fraction of sp³-hybridized carbons (Fsp3) is 0.867. The van der Waals surface area contributed by atoms with Crippen LogP contribution >= 0.6 is 0 Å². The first-order valence-electron chi connectivity index (χ1n) is 7.53. The van der Waals surface area contributed by atoms with Crippen molar-refractivity contribution in [1.82, 2.24) is 5.32 Å². The van der Waals surface area contributed by atoms with Crippen LogP contribution in [-0.4, -0.2) is 51.0 Å². The Hall–Kier alpha value is -1.14. The molecule has 0 fully saturated rings. The van der Waals surface area contributed by atoms with Crippen LogP contribution in [0.5, 0.6) is 0 Å². The van der Waals surface area contributed by atoms with E-state index in [2.05, 4.69) is 5.32 Å². The molecule has 0 aliphatic rings. The molecule has 0 aliphatic carbocycles. The summed E-state index contributed by atoms with van der Waals surface area (Å²) in [4.78, 5) is 22.5. The number of rotatable bonds is 12. The van der Waals surface area contributed by atoms with Crippen LogP contribution in [0.25, 0.3) is 0 Å². The van der Waals surface area contributed by atoms with Crippen molar-refractivity contribution < 1.29 is 23.8 Å². The van der Waals surface area contributed by atoms with Crippen LogP contribution in [0.2, 0.25) is 0 Å². The van der Waals surface area contributed by atoms with Crippen molar-refractivity contribution in [2.45, 2.75) is 46.6 Å².